The number of nitrogens with one attached hydrogen (secondary N) is 2. The van der Waals surface area contributed by atoms with Crippen molar-refractivity contribution in [2.45, 2.75) is 25.5 Å². The third-order valence-electron chi connectivity index (χ3n) is 3.62. The molecule has 0 bridgehead atoms. The highest BCUT2D eigenvalue weighted by atomic mass is 16.5. The van der Waals surface area contributed by atoms with E-state index in [0.29, 0.717) is 6.61 Å². The van der Waals surface area contributed by atoms with Crippen molar-refractivity contribution in [2.75, 3.05) is 17.2 Å². The Morgan fingerprint density at radius 1 is 1.14 bits per heavy atom. The number of aromatic nitrogens is 1. The second-order valence-corrected chi connectivity index (χ2v) is 5.28. The van der Waals surface area contributed by atoms with Crippen LogP contribution in [-0.2, 0) is 16.1 Å². The van der Waals surface area contributed by atoms with E-state index in [1.165, 1.54) is 5.56 Å². The second-order valence-electron chi connectivity index (χ2n) is 5.28. The van der Waals surface area contributed by atoms with Gasteiger partial charge in [0, 0.05) is 36.9 Å². The topological polar surface area (TPSA) is 63.2 Å². The van der Waals surface area contributed by atoms with E-state index in [-0.39, 0.29) is 12.0 Å². The summed E-state index contributed by atoms with van der Waals surface area (Å²) in [6.45, 7) is 1.42. The lowest BCUT2D eigenvalue weighted by molar-refractivity contribution is -0.124. The lowest BCUT2D eigenvalue weighted by Crippen LogP contribution is -2.26. The van der Waals surface area contributed by atoms with Crippen molar-refractivity contribution in [3.63, 3.8) is 0 Å². The van der Waals surface area contributed by atoms with Gasteiger partial charge in [0.05, 0.1) is 0 Å². The summed E-state index contributed by atoms with van der Waals surface area (Å²) in [5.74, 6) is -0.0602. The first-order valence-electron chi connectivity index (χ1n) is 7.46. The molecule has 1 atom stereocenters. The highest BCUT2D eigenvalue weighted by Gasteiger charge is 2.23. The Morgan fingerprint density at radius 3 is 2.55 bits per heavy atom. The molecule has 0 spiro atoms. The first kappa shape index (κ1) is 14.5. The van der Waals surface area contributed by atoms with Gasteiger partial charge in [0.1, 0.15) is 6.10 Å². The Bertz CT molecular complexity index is 608. The minimum atomic E-state index is -0.301. The molecule has 0 saturated carbocycles. The summed E-state index contributed by atoms with van der Waals surface area (Å²) in [6.07, 6.45) is 5.01. The van der Waals surface area contributed by atoms with Crippen LogP contribution >= 0.6 is 0 Å². The molecule has 0 radical (unpaired) electrons. The lowest BCUT2D eigenvalue weighted by atomic mass is 10.2. The fraction of sp³-hybridized carbons (Fsp3) is 0.294. The molecule has 1 unspecified atom stereocenters. The molecule has 5 nitrogen and oxygen atoms in total. The van der Waals surface area contributed by atoms with Crippen LogP contribution in [0.2, 0.25) is 0 Å². The van der Waals surface area contributed by atoms with Gasteiger partial charge in [-0.3, -0.25) is 9.78 Å². The summed E-state index contributed by atoms with van der Waals surface area (Å²) in [4.78, 5) is 15.9. The lowest BCUT2D eigenvalue weighted by Gasteiger charge is -2.11. The minimum Gasteiger partial charge on any atom is -0.381 e. The zero-order valence-electron chi connectivity index (χ0n) is 12.3. The molecule has 1 amide bonds. The Labute approximate surface area is 129 Å². The maximum Gasteiger partial charge on any atom is 0.253 e. The van der Waals surface area contributed by atoms with Crippen molar-refractivity contribution in [3.05, 3.63) is 54.4 Å². The molecule has 1 aliphatic rings. The molecule has 1 saturated heterocycles. The predicted molar refractivity (Wildman–Crippen MR) is 85.6 cm³/mol. The van der Waals surface area contributed by atoms with Crippen LogP contribution < -0.4 is 10.6 Å². The Kier molecular flexibility index (Phi) is 4.65. The number of pyridine rings is 1. The molecular formula is C17H19N3O2. The maximum absolute atomic E-state index is 12.0. The first-order chi connectivity index (χ1) is 10.8. The van der Waals surface area contributed by atoms with Crippen molar-refractivity contribution in [2.24, 2.45) is 0 Å². The second kappa shape index (κ2) is 7.04. The van der Waals surface area contributed by atoms with Crippen molar-refractivity contribution in [1.29, 1.82) is 0 Å². The fourth-order valence-electron chi connectivity index (χ4n) is 2.38. The van der Waals surface area contributed by atoms with Crippen LogP contribution in [0.25, 0.3) is 0 Å². The SMILES string of the molecule is O=C(Nc1ccc(NCc2ccncc2)cc1)C1CCCO1. The van der Waals surface area contributed by atoms with Gasteiger partial charge >= 0.3 is 0 Å². The zero-order chi connectivity index (χ0) is 15.2. The first-order valence-corrected chi connectivity index (χ1v) is 7.46. The molecule has 114 valence electrons. The Hall–Kier alpha value is -2.40. The molecule has 2 aromatic rings. The van der Waals surface area contributed by atoms with Crippen LogP contribution in [0.3, 0.4) is 0 Å². The van der Waals surface area contributed by atoms with Gasteiger partial charge in [-0.05, 0) is 54.8 Å². The number of ether oxygens (including phenoxy) is 1. The van der Waals surface area contributed by atoms with Crippen LogP contribution in [0, 0.1) is 0 Å². The highest BCUT2D eigenvalue weighted by Crippen LogP contribution is 2.17. The number of benzene rings is 1. The summed E-state index contributed by atoms with van der Waals surface area (Å²) >= 11 is 0. The standard InChI is InChI=1S/C17H19N3O2/c21-17(16-2-1-11-22-16)20-15-5-3-14(4-6-15)19-12-13-7-9-18-10-8-13/h3-10,16,19H,1-2,11-12H2,(H,20,21). The average molecular weight is 297 g/mol. The molecule has 22 heavy (non-hydrogen) atoms. The van der Waals surface area contributed by atoms with E-state index < -0.39 is 0 Å². The van der Waals surface area contributed by atoms with E-state index in [2.05, 4.69) is 15.6 Å². The Balaban J connectivity index is 1.52. The van der Waals surface area contributed by atoms with Gasteiger partial charge in [0.25, 0.3) is 5.91 Å². The van der Waals surface area contributed by atoms with E-state index in [1.807, 2.05) is 36.4 Å². The van der Waals surface area contributed by atoms with Crippen LogP contribution in [0.1, 0.15) is 18.4 Å². The summed E-state index contributed by atoms with van der Waals surface area (Å²) in [7, 11) is 0. The van der Waals surface area contributed by atoms with Gasteiger partial charge in [-0.15, -0.1) is 0 Å². The van der Waals surface area contributed by atoms with Gasteiger partial charge in [-0.25, -0.2) is 0 Å². The molecule has 0 aliphatic carbocycles. The molecule has 3 rings (SSSR count). The molecular weight excluding hydrogens is 278 g/mol. The van der Waals surface area contributed by atoms with Gasteiger partial charge in [0.2, 0.25) is 0 Å². The van der Waals surface area contributed by atoms with E-state index in [1.54, 1.807) is 12.4 Å². The summed E-state index contributed by atoms with van der Waals surface area (Å²) in [6, 6.07) is 11.6. The molecule has 2 N–H and O–H groups in total. The van der Waals surface area contributed by atoms with Crippen molar-refractivity contribution in [1.82, 2.24) is 4.98 Å². The normalized spacial score (nSPS) is 17.2. The summed E-state index contributed by atoms with van der Waals surface area (Å²) in [5, 5.41) is 6.22. The van der Waals surface area contributed by atoms with Crippen molar-refractivity contribution in [3.8, 4) is 0 Å². The number of amides is 1. The van der Waals surface area contributed by atoms with Crippen LogP contribution in [0.15, 0.2) is 48.8 Å². The van der Waals surface area contributed by atoms with Gasteiger partial charge in [-0.1, -0.05) is 0 Å². The fourth-order valence-corrected chi connectivity index (χ4v) is 2.38. The molecule has 2 heterocycles. The number of hydrogen-bond donors (Lipinski definition) is 2. The maximum atomic E-state index is 12.0. The number of carbonyl (C=O) groups is 1. The number of hydrogen-bond acceptors (Lipinski definition) is 4. The van der Waals surface area contributed by atoms with Gasteiger partial charge in [-0.2, -0.15) is 0 Å². The largest absolute Gasteiger partial charge is 0.381 e. The van der Waals surface area contributed by atoms with Crippen molar-refractivity contribution < 1.29 is 9.53 Å². The highest BCUT2D eigenvalue weighted by molar-refractivity contribution is 5.94. The van der Waals surface area contributed by atoms with Gasteiger partial charge in [0.15, 0.2) is 0 Å². The van der Waals surface area contributed by atoms with E-state index in [9.17, 15) is 4.79 Å². The smallest absolute Gasteiger partial charge is 0.253 e. The number of rotatable bonds is 5. The van der Waals surface area contributed by atoms with E-state index in [4.69, 9.17) is 4.74 Å². The molecule has 1 aromatic carbocycles. The quantitative estimate of drug-likeness (QED) is 0.891. The Morgan fingerprint density at radius 2 is 1.86 bits per heavy atom. The van der Waals surface area contributed by atoms with Crippen LogP contribution in [0.4, 0.5) is 11.4 Å². The third-order valence-corrected chi connectivity index (χ3v) is 3.62. The van der Waals surface area contributed by atoms with Crippen LogP contribution in [-0.4, -0.2) is 23.6 Å². The summed E-state index contributed by atoms with van der Waals surface area (Å²) in [5.41, 5.74) is 2.97. The summed E-state index contributed by atoms with van der Waals surface area (Å²) < 4.78 is 5.37. The third kappa shape index (κ3) is 3.83. The average Bonchev–Trinajstić information content (AvgIpc) is 3.10. The molecule has 5 heteroatoms. The van der Waals surface area contributed by atoms with Crippen LogP contribution in [0.5, 0.6) is 0 Å². The number of anilines is 2. The number of nitrogens with zero attached hydrogens (tertiary/aromatic N) is 1. The minimum absolute atomic E-state index is 0.0602. The monoisotopic (exact) mass is 297 g/mol. The zero-order valence-corrected chi connectivity index (χ0v) is 12.3. The van der Waals surface area contributed by atoms with Crippen molar-refractivity contribution >= 4 is 17.3 Å². The predicted octanol–water partition coefficient (Wildman–Crippen LogP) is 2.81. The molecule has 1 aromatic heterocycles. The molecule has 1 aliphatic heterocycles. The number of carbonyl (C=O) groups excluding carboxylic acids is 1. The van der Waals surface area contributed by atoms with Gasteiger partial charge < -0.3 is 15.4 Å². The van der Waals surface area contributed by atoms with E-state index in [0.717, 1.165) is 30.8 Å². The van der Waals surface area contributed by atoms with E-state index >= 15 is 0 Å². The molecule has 1 fully saturated rings.